The minimum atomic E-state index is -1.21. The molecule has 0 saturated heterocycles. The maximum atomic E-state index is 10.8. The molecule has 0 aliphatic carbocycles. The Labute approximate surface area is 109 Å². The molecule has 2 N–H and O–H groups in total. The van der Waals surface area contributed by atoms with Crippen LogP contribution in [0.25, 0.3) is 0 Å². The minimum Gasteiger partial charge on any atom is -0.478 e. The van der Waals surface area contributed by atoms with Gasteiger partial charge >= 0.3 is 11.9 Å². The maximum Gasteiger partial charge on any atom is 0.336 e. The van der Waals surface area contributed by atoms with Crippen molar-refractivity contribution in [2.24, 2.45) is 0 Å². The fourth-order valence-corrected chi connectivity index (χ4v) is 1.14. The van der Waals surface area contributed by atoms with Crippen molar-refractivity contribution in [1.82, 2.24) is 0 Å². The number of carbonyl (C=O) groups is 2. The zero-order valence-corrected chi connectivity index (χ0v) is 12.1. The van der Waals surface area contributed by atoms with Crippen molar-refractivity contribution in [3.05, 3.63) is 22.3 Å². The van der Waals surface area contributed by atoms with Crippen LogP contribution in [0.5, 0.6) is 0 Å². The van der Waals surface area contributed by atoms with E-state index in [2.05, 4.69) is 13.8 Å². The van der Waals surface area contributed by atoms with E-state index in [-0.39, 0.29) is 11.1 Å². The highest BCUT2D eigenvalue weighted by Gasteiger charge is 2.21. The Hall–Kier alpha value is -1.58. The third-order valence-electron chi connectivity index (χ3n) is 2.18. The molecule has 0 atom stereocenters. The van der Waals surface area contributed by atoms with Crippen LogP contribution in [0.2, 0.25) is 0 Å². The number of rotatable bonds is 4. The van der Waals surface area contributed by atoms with Crippen molar-refractivity contribution in [1.29, 1.82) is 0 Å². The second-order valence-electron chi connectivity index (χ2n) is 4.36. The molecular weight excluding hydrogens is 232 g/mol. The second kappa shape index (κ2) is 9.45. The molecule has 4 heteroatoms. The molecule has 0 fully saturated rings. The quantitative estimate of drug-likeness (QED) is 0.595. The summed E-state index contributed by atoms with van der Waals surface area (Å²) in [5, 5.41) is 17.7. The topological polar surface area (TPSA) is 74.6 Å². The molecule has 4 nitrogen and oxygen atoms in total. The summed E-state index contributed by atoms with van der Waals surface area (Å²) in [5.74, 6) is -2.41. The maximum absolute atomic E-state index is 10.8. The lowest BCUT2D eigenvalue weighted by Crippen LogP contribution is -2.14. The summed E-state index contributed by atoms with van der Waals surface area (Å²) in [5.41, 5.74) is 0.710. The Morgan fingerprint density at radius 3 is 1.00 bits per heavy atom. The lowest BCUT2D eigenvalue weighted by Gasteiger charge is -2.07. The summed E-state index contributed by atoms with van der Waals surface area (Å²) < 4.78 is 0. The summed E-state index contributed by atoms with van der Waals surface area (Å²) in [6.45, 7) is 10.7. The zero-order chi connectivity index (χ0) is 14.9. The van der Waals surface area contributed by atoms with Crippen molar-refractivity contribution in [2.45, 2.75) is 54.4 Å². The number of aliphatic carboxylic acids is 2. The van der Waals surface area contributed by atoms with Gasteiger partial charge < -0.3 is 10.2 Å². The first-order chi connectivity index (χ1) is 8.20. The number of allylic oxidation sites excluding steroid dienone is 2. The average Bonchev–Trinajstić information content (AvgIpc) is 2.23. The third kappa shape index (κ3) is 6.89. The van der Waals surface area contributed by atoms with E-state index in [1.165, 1.54) is 12.8 Å². The molecule has 0 aromatic carbocycles. The summed E-state index contributed by atoms with van der Waals surface area (Å²) in [4.78, 5) is 21.7. The van der Waals surface area contributed by atoms with E-state index >= 15 is 0 Å². The predicted molar refractivity (Wildman–Crippen MR) is 72.6 cm³/mol. The Kier molecular flexibility index (Phi) is 9.86. The molecule has 0 aliphatic rings. The molecule has 0 radical (unpaired) electrons. The van der Waals surface area contributed by atoms with E-state index in [0.29, 0.717) is 11.1 Å². The van der Waals surface area contributed by atoms with E-state index in [0.717, 1.165) is 0 Å². The van der Waals surface area contributed by atoms with Gasteiger partial charge in [0.05, 0.1) is 11.1 Å². The Balaban J connectivity index is 0. The monoisotopic (exact) mass is 256 g/mol. The summed E-state index contributed by atoms with van der Waals surface area (Å²) in [7, 11) is 0. The standard InChI is InChI=1S/C10H14O4.C4H10/c1-5(2)7(9(11)12)8(6(3)4)10(13)14;1-3-4-2/h1-4H3,(H,11,12)(H,13,14);3-4H2,1-2H3. The molecule has 0 unspecified atom stereocenters. The van der Waals surface area contributed by atoms with E-state index in [1.807, 2.05) is 0 Å². The van der Waals surface area contributed by atoms with Crippen molar-refractivity contribution < 1.29 is 19.8 Å². The highest BCUT2D eigenvalue weighted by atomic mass is 16.4. The molecular formula is C14H24O4. The van der Waals surface area contributed by atoms with Crippen LogP contribution in [0.3, 0.4) is 0 Å². The van der Waals surface area contributed by atoms with Crippen LogP contribution >= 0.6 is 0 Å². The first kappa shape index (κ1) is 18.8. The predicted octanol–water partition coefficient (Wildman–Crippen LogP) is 3.63. The van der Waals surface area contributed by atoms with Gasteiger partial charge in [-0.15, -0.1) is 0 Å². The molecule has 0 heterocycles. The van der Waals surface area contributed by atoms with Crippen LogP contribution in [-0.2, 0) is 9.59 Å². The SMILES string of the molecule is CC(C)=C(C(=O)O)C(C(=O)O)=C(C)C.CCCC. The van der Waals surface area contributed by atoms with Gasteiger partial charge in [-0.3, -0.25) is 0 Å². The third-order valence-corrected chi connectivity index (χ3v) is 2.18. The lowest BCUT2D eigenvalue weighted by atomic mass is 9.98. The summed E-state index contributed by atoms with van der Waals surface area (Å²) >= 11 is 0. The average molecular weight is 256 g/mol. The number of hydrogen-bond donors (Lipinski definition) is 2. The fourth-order valence-electron chi connectivity index (χ4n) is 1.14. The molecule has 0 amide bonds. The van der Waals surface area contributed by atoms with Gasteiger partial charge in [0.1, 0.15) is 0 Å². The summed E-state index contributed by atoms with van der Waals surface area (Å²) in [6.07, 6.45) is 2.64. The molecule has 0 bridgehead atoms. The van der Waals surface area contributed by atoms with Gasteiger partial charge in [0.25, 0.3) is 0 Å². The van der Waals surface area contributed by atoms with Gasteiger partial charge in [0.15, 0.2) is 0 Å². The molecule has 104 valence electrons. The van der Waals surface area contributed by atoms with Crippen molar-refractivity contribution in [2.75, 3.05) is 0 Å². The zero-order valence-electron chi connectivity index (χ0n) is 12.1. The number of carboxylic acid groups (broad SMARTS) is 2. The first-order valence-corrected chi connectivity index (χ1v) is 6.02. The van der Waals surface area contributed by atoms with E-state index in [4.69, 9.17) is 10.2 Å². The fraction of sp³-hybridized carbons (Fsp3) is 0.571. The van der Waals surface area contributed by atoms with Crippen LogP contribution in [0, 0.1) is 0 Å². The lowest BCUT2D eigenvalue weighted by molar-refractivity contribution is -0.136. The van der Waals surface area contributed by atoms with E-state index < -0.39 is 11.9 Å². The van der Waals surface area contributed by atoms with Gasteiger partial charge in [-0.25, -0.2) is 9.59 Å². The molecule has 0 aromatic rings. The molecule has 0 rings (SSSR count). The smallest absolute Gasteiger partial charge is 0.336 e. The number of unbranched alkanes of at least 4 members (excludes halogenated alkanes) is 1. The van der Waals surface area contributed by atoms with Crippen molar-refractivity contribution >= 4 is 11.9 Å². The summed E-state index contributed by atoms with van der Waals surface area (Å²) in [6, 6.07) is 0. The largest absolute Gasteiger partial charge is 0.478 e. The van der Waals surface area contributed by atoms with E-state index in [1.54, 1.807) is 27.7 Å². The number of hydrogen-bond acceptors (Lipinski definition) is 2. The van der Waals surface area contributed by atoms with Crippen molar-refractivity contribution in [3.8, 4) is 0 Å². The van der Waals surface area contributed by atoms with Gasteiger partial charge in [-0.1, -0.05) is 37.8 Å². The van der Waals surface area contributed by atoms with Crippen LogP contribution in [-0.4, -0.2) is 22.2 Å². The van der Waals surface area contributed by atoms with E-state index in [9.17, 15) is 9.59 Å². The molecule has 0 saturated carbocycles. The normalized spacial score (nSPS) is 8.78. The van der Waals surface area contributed by atoms with Crippen LogP contribution < -0.4 is 0 Å². The molecule has 18 heavy (non-hydrogen) atoms. The Morgan fingerprint density at radius 1 is 0.722 bits per heavy atom. The Morgan fingerprint density at radius 2 is 0.944 bits per heavy atom. The van der Waals surface area contributed by atoms with Gasteiger partial charge in [-0.05, 0) is 27.7 Å². The van der Waals surface area contributed by atoms with Crippen LogP contribution in [0.4, 0.5) is 0 Å². The van der Waals surface area contributed by atoms with Gasteiger partial charge in [-0.2, -0.15) is 0 Å². The number of carboxylic acids is 2. The molecule has 0 aromatic heterocycles. The van der Waals surface area contributed by atoms with Crippen LogP contribution in [0.15, 0.2) is 22.3 Å². The highest BCUT2D eigenvalue weighted by Crippen LogP contribution is 2.19. The minimum absolute atomic E-state index is 0.127. The molecule has 0 aliphatic heterocycles. The van der Waals surface area contributed by atoms with Crippen molar-refractivity contribution in [3.63, 3.8) is 0 Å². The molecule has 0 spiro atoms. The van der Waals surface area contributed by atoms with Gasteiger partial charge in [0, 0.05) is 0 Å². The first-order valence-electron chi connectivity index (χ1n) is 6.02. The second-order valence-corrected chi connectivity index (χ2v) is 4.36. The van der Waals surface area contributed by atoms with Crippen LogP contribution in [0.1, 0.15) is 54.4 Å². The highest BCUT2D eigenvalue weighted by molar-refractivity contribution is 6.06. The Bertz CT molecular complexity index is 318. The van der Waals surface area contributed by atoms with Gasteiger partial charge in [0.2, 0.25) is 0 Å².